The number of rotatable bonds is 5. The molecule has 156 valence electrons. The van der Waals surface area contributed by atoms with Gasteiger partial charge < -0.3 is 9.80 Å². The molecule has 1 unspecified atom stereocenters. The van der Waals surface area contributed by atoms with Crippen LogP contribution in [-0.4, -0.2) is 19.3 Å². The van der Waals surface area contributed by atoms with Crippen LogP contribution in [-0.2, 0) is 5.41 Å². The molecule has 0 aliphatic carbocycles. The predicted octanol–water partition coefficient (Wildman–Crippen LogP) is 6.83. The molecule has 3 aromatic carbocycles. The Morgan fingerprint density at radius 3 is 1.63 bits per heavy atom. The highest BCUT2D eigenvalue weighted by atomic mass is 15.4. The topological polar surface area (TPSA) is 6.48 Å². The summed E-state index contributed by atoms with van der Waals surface area (Å²) in [5, 5.41) is 0. The number of nitrogens with zero attached hydrogens (tertiary/aromatic N) is 2. The molecule has 30 heavy (non-hydrogen) atoms. The average molecular weight is 399 g/mol. The van der Waals surface area contributed by atoms with E-state index in [9.17, 15) is 0 Å². The molecule has 0 amide bonds. The SMILES string of the molecule is CC(CC1N(c2ccccc2)CCN1c1ccccc1)c1ccc(C(C)(C)C)cc1. The highest BCUT2D eigenvalue weighted by molar-refractivity contribution is 5.57. The number of hydrogen-bond donors (Lipinski definition) is 0. The van der Waals surface area contributed by atoms with E-state index in [1.165, 1.54) is 22.5 Å². The molecule has 3 aromatic rings. The second-order valence-corrected chi connectivity index (χ2v) is 9.55. The van der Waals surface area contributed by atoms with Gasteiger partial charge >= 0.3 is 0 Å². The molecule has 1 saturated heterocycles. The first-order valence-corrected chi connectivity index (χ1v) is 11.2. The van der Waals surface area contributed by atoms with Gasteiger partial charge in [-0.2, -0.15) is 0 Å². The van der Waals surface area contributed by atoms with Crippen molar-refractivity contribution in [1.29, 1.82) is 0 Å². The summed E-state index contributed by atoms with van der Waals surface area (Å²) in [6.45, 7) is 11.3. The van der Waals surface area contributed by atoms with Gasteiger partial charge in [0.1, 0.15) is 6.17 Å². The Kier molecular flexibility index (Phi) is 5.85. The lowest BCUT2D eigenvalue weighted by molar-refractivity contribution is 0.549. The van der Waals surface area contributed by atoms with Crippen molar-refractivity contribution in [3.05, 3.63) is 96.1 Å². The molecule has 1 aliphatic heterocycles. The molecular formula is C28H34N2. The maximum absolute atomic E-state index is 2.58. The Labute approximate surface area is 182 Å². The molecule has 1 atom stereocenters. The zero-order valence-corrected chi connectivity index (χ0v) is 18.8. The van der Waals surface area contributed by atoms with Crippen molar-refractivity contribution in [2.24, 2.45) is 0 Å². The van der Waals surface area contributed by atoms with Crippen LogP contribution in [0.3, 0.4) is 0 Å². The van der Waals surface area contributed by atoms with Crippen LogP contribution in [0.2, 0.25) is 0 Å². The van der Waals surface area contributed by atoms with E-state index >= 15 is 0 Å². The summed E-state index contributed by atoms with van der Waals surface area (Å²) < 4.78 is 0. The summed E-state index contributed by atoms with van der Waals surface area (Å²) in [5.74, 6) is 0.486. The van der Waals surface area contributed by atoms with Gasteiger partial charge in [-0.1, -0.05) is 88.4 Å². The second-order valence-electron chi connectivity index (χ2n) is 9.55. The monoisotopic (exact) mass is 398 g/mol. The maximum atomic E-state index is 2.58. The van der Waals surface area contributed by atoms with Gasteiger partial charge in [0.05, 0.1) is 0 Å². The minimum atomic E-state index is 0.196. The molecule has 0 bridgehead atoms. The van der Waals surface area contributed by atoms with E-state index in [2.05, 4.69) is 122 Å². The minimum absolute atomic E-state index is 0.196. The van der Waals surface area contributed by atoms with Gasteiger partial charge in [-0.3, -0.25) is 0 Å². The van der Waals surface area contributed by atoms with Crippen LogP contribution in [0.15, 0.2) is 84.9 Å². The van der Waals surface area contributed by atoms with Crippen molar-refractivity contribution in [2.45, 2.75) is 51.6 Å². The number of hydrogen-bond acceptors (Lipinski definition) is 2. The first-order chi connectivity index (χ1) is 14.4. The first kappa shape index (κ1) is 20.5. The van der Waals surface area contributed by atoms with Crippen LogP contribution < -0.4 is 9.80 Å². The molecule has 0 radical (unpaired) electrons. The molecule has 0 N–H and O–H groups in total. The van der Waals surface area contributed by atoms with E-state index in [0.29, 0.717) is 12.1 Å². The van der Waals surface area contributed by atoms with Gasteiger partial charge in [0.15, 0.2) is 0 Å². The minimum Gasteiger partial charge on any atom is -0.349 e. The van der Waals surface area contributed by atoms with Crippen LogP contribution in [0.5, 0.6) is 0 Å². The Hall–Kier alpha value is -2.74. The van der Waals surface area contributed by atoms with Gasteiger partial charge in [-0.25, -0.2) is 0 Å². The number of para-hydroxylation sites is 2. The van der Waals surface area contributed by atoms with Gasteiger partial charge in [0.25, 0.3) is 0 Å². The lowest BCUT2D eigenvalue weighted by Gasteiger charge is -2.35. The van der Waals surface area contributed by atoms with Crippen molar-refractivity contribution < 1.29 is 0 Å². The normalized spacial score (nSPS) is 16.1. The Morgan fingerprint density at radius 2 is 1.20 bits per heavy atom. The standard InChI is InChI=1S/C28H34N2/c1-22(23-15-17-24(18-16-23)28(2,3)4)21-27-29(25-11-7-5-8-12-25)19-20-30(27)26-13-9-6-10-14-26/h5-18,22,27H,19-21H2,1-4H3. The molecule has 2 nitrogen and oxygen atoms in total. The molecule has 0 aromatic heterocycles. The lowest BCUT2D eigenvalue weighted by Crippen LogP contribution is -2.40. The van der Waals surface area contributed by atoms with Gasteiger partial charge in [0, 0.05) is 24.5 Å². The molecule has 1 aliphatic rings. The van der Waals surface area contributed by atoms with E-state index in [-0.39, 0.29) is 5.41 Å². The van der Waals surface area contributed by atoms with E-state index in [1.807, 2.05) is 0 Å². The molecular weight excluding hydrogens is 364 g/mol. The summed E-state index contributed by atoms with van der Waals surface area (Å²) in [7, 11) is 0. The zero-order chi connectivity index (χ0) is 21.1. The van der Waals surface area contributed by atoms with Crippen LogP contribution in [0, 0.1) is 0 Å². The van der Waals surface area contributed by atoms with Gasteiger partial charge in [-0.15, -0.1) is 0 Å². The fourth-order valence-electron chi connectivity index (χ4n) is 4.54. The Balaban J connectivity index is 1.59. The van der Waals surface area contributed by atoms with E-state index in [0.717, 1.165) is 19.5 Å². The predicted molar refractivity (Wildman–Crippen MR) is 130 cm³/mol. The molecule has 2 heteroatoms. The summed E-state index contributed by atoms with van der Waals surface area (Å²) in [4.78, 5) is 5.15. The lowest BCUT2D eigenvalue weighted by atomic mass is 9.85. The number of anilines is 2. The van der Waals surface area contributed by atoms with E-state index < -0.39 is 0 Å². The van der Waals surface area contributed by atoms with Gasteiger partial charge in [0.2, 0.25) is 0 Å². The Bertz CT molecular complexity index is 878. The van der Waals surface area contributed by atoms with E-state index in [1.54, 1.807) is 0 Å². The van der Waals surface area contributed by atoms with Crippen LogP contribution in [0.4, 0.5) is 11.4 Å². The number of benzene rings is 3. The Morgan fingerprint density at radius 1 is 0.733 bits per heavy atom. The molecule has 1 heterocycles. The van der Waals surface area contributed by atoms with Crippen molar-refractivity contribution >= 4 is 11.4 Å². The highest BCUT2D eigenvalue weighted by Gasteiger charge is 2.33. The second kappa shape index (κ2) is 8.55. The summed E-state index contributed by atoms with van der Waals surface area (Å²) >= 11 is 0. The third-order valence-electron chi connectivity index (χ3n) is 6.39. The van der Waals surface area contributed by atoms with E-state index in [4.69, 9.17) is 0 Å². The van der Waals surface area contributed by atoms with Crippen molar-refractivity contribution in [2.75, 3.05) is 22.9 Å². The third-order valence-corrected chi connectivity index (χ3v) is 6.39. The smallest absolute Gasteiger partial charge is 0.102 e. The van der Waals surface area contributed by atoms with Crippen LogP contribution >= 0.6 is 0 Å². The third kappa shape index (κ3) is 4.38. The first-order valence-electron chi connectivity index (χ1n) is 11.2. The molecule has 4 rings (SSSR count). The maximum Gasteiger partial charge on any atom is 0.102 e. The van der Waals surface area contributed by atoms with Crippen molar-refractivity contribution in [1.82, 2.24) is 0 Å². The van der Waals surface area contributed by atoms with Crippen LogP contribution in [0.1, 0.15) is 51.2 Å². The quantitative estimate of drug-likeness (QED) is 0.465. The highest BCUT2D eigenvalue weighted by Crippen LogP contribution is 2.34. The fraction of sp³-hybridized carbons (Fsp3) is 0.357. The molecule has 0 spiro atoms. The van der Waals surface area contributed by atoms with Crippen LogP contribution in [0.25, 0.3) is 0 Å². The summed E-state index contributed by atoms with van der Waals surface area (Å²) in [6.07, 6.45) is 1.45. The van der Waals surface area contributed by atoms with Gasteiger partial charge in [-0.05, 0) is 53.1 Å². The average Bonchev–Trinajstić information content (AvgIpc) is 3.18. The molecule has 0 saturated carbocycles. The summed E-state index contributed by atoms with van der Waals surface area (Å²) in [5.41, 5.74) is 5.65. The summed E-state index contributed by atoms with van der Waals surface area (Å²) in [6, 6.07) is 31.0. The largest absolute Gasteiger partial charge is 0.349 e. The molecule has 1 fully saturated rings. The van der Waals surface area contributed by atoms with Crippen molar-refractivity contribution in [3.63, 3.8) is 0 Å². The zero-order valence-electron chi connectivity index (χ0n) is 18.8. The fourth-order valence-corrected chi connectivity index (χ4v) is 4.54. The van der Waals surface area contributed by atoms with Crippen molar-refractivity contribution in [3.8, 4) is 0 Å².